The summed E-state index contributed by atoms with van der Waals surface area (Å²) < 4.78 is 0. The van der Waals surface area contributed by atoms with E-state index in [1.54, 1.807) is 0 Å². The summed E-state index contributed by atoms with van der Waals surface area (Å²) in [7, 11) is 0. The van der Waals surface area contributed by atoms with Gasteiger partial charge in [-0.2, -0.15) is 0 Å². The number of hydrogen-bond donors (Lipinski definition) is 2. The van der Waals surface area contributed by atoms with Gasteiger partial charge in [0.25, 0.3) is 0 Å². The summed E-state index contributed by atoms with van der Waals surface area (Å²) in [4.78, 5) is 0. The molecule has 2 heteroatoms. The van der Waals surface area contributed by atoms with Crippen LogP contribution in [0.4, 0.5) is 0 Å². The van der Waals surface area contributed by atoms with Gasteiger partial charge in [0.15, 0.2) is 0 Å². The van der Waals surface area contributed by atoms with Gasteiger partial charge in [-0.05, 0) is 51.0 Å². The van der Waals surface area contributed by atoms with E-state index in [0.717, 1.165) is 13.0 Å². The van der Waals surface area contributed by atoms with E-state index in [1.807, 2.05) is 6.92 Å². The second kappa shape index (κ2) is 5.13. The average Bonchev–Trinajstić information content (AvgIpc) is 2.07. The molecule has 2 N–H and O–H groups in total. The monoisotopic (exact) mass is 199 g/mol. The zero-order valence-corrected chi connectivity index (χ0v) is 9.84. The van der Waals surface area contributed by atoms with Crippen LogP contribution in [0.25, 0.3) is 0 Å². The average molecular weight is 199 g/mol. The Kier molecular flexibility index (Phi) is 4.39. The third-order valence-electron chi connectivity index (χ3n) is 3.33. The van der Waals surface area contributed by atoms with E-state index in [1.165, 1.54) is 25.7 Å². The first-order valence-electron chi connectivity index (χ1n) is 5.91. The van der Waals surface area contributed by atoms with Crippen molar-refractivity contribution in [2.75, 3.05) is 6.54 Å². The smallest absolute Gasteiger partial charge is 0.0524 e. The molecule has 0 heterocycles. The molecular weight excluding hydrogens is 174 g/mol. The highest BCUT2D eigenvalue weighted by Crippen LogP contribution is 2.34. The summed E-state index contributed by atoms with van der Waals surface area (Å²) in [5.41, 5.74) is 0.558. The zero-order chi connectivity index (χ0) is 10.6. The van der Waals surface area contributed by atoms with Gasteiger partial charge in [0, 0.05) is 6.04 Å². The minimum atomic E-state index is -0.164. The van der Waals surface area contributed by atoms with Crippen molar-refractivity contribution >= 4 is 0 Å². The topological polar surface area (TPSA) is 32.3 Å². The predicted molar refractivity (Wildman–Crippen MR) is 60.3 cm³/mol. The quantitative estimate of drug-likeness (QED) is 0.728. The Labute approximate surface area is 88.1 Å². The fourth-order valence-corrected chi connectivity index (χ4v) is 2.10. The molecule has 1 aliphatic rings. The van der Waals surface area contributed by atoms with E-state index in [0.29, 0.717) is 11.5 Å². The molecule has 84 valence electrons. The van der Waals surface area contributed by atoms with Crippen LogP contribution in [-0.4, -0.2) is 23.8 Å². The Balaban J connectivity index is 2.10. The van der Waals surface area contributed by atoms with Gasteiger partial charge in [0.1, 0.15) is 0 Å². The van der Waals surface area contributed by atoms with Crippen molar-refractivity contribution in [1.29, 1.82) is 0 Å². The SMILES string of the molecule is C[C@@H](O)CCNC1CCC(C)(C)CC1. The van der Waals surface area contributed by atoms with E-state index in [4.69, 9.17) is 5.11 Å². The van der Waals surface area contributed by atoms with Crippen molar-refractivity contribution in [3.8, 4) is 0 Å². The lowest BCUT2D eigenvalue weighted by atomic mass is 9.75. The van der Waals surface area contributed by atoms with Crippen LogP contribution in [0.3, 0.4) is 0 Å². The van der Waals surface area contributed by atoms with Crippen LogP contribution in [0.2, 0.25) is 0 Å². The Morgan fingerprint density at radius 1 is 1.36 bits per heavy atom. The maximum Gasteiger partial charge on any atom is 0.0524 e. The van der Waals surface area contributed by atoms with Crippen LogP contribution in [-0.2, 0) is 0 Å². The molecule has 1 fully saturated rings. The molecule has 0 spiro atoms. The number of rotatable bonds is 4. The van der Waals surface area contributed by atoms with Crippen LogP contribution >= 0.6 is 0 Å². The van der Waals surface area contributed by atoms with Crippen molar-refractivity contribution in [3.05, 3.63) is 0 Å². The van der Waals surface area contributed by atoms with Gasteiger partial charge in [-0.25, -0.2) is 0 Å². The van der Waals surface area contributed by atoms with Gasteiger partial charge in [0.05, 0.1) is 6.10 Å². The summed E-state index contributed by atoms with van der Waals surface area (Å²) in [6, 6.07) is 0.696. The highest BCUT2D eigenvalue weighted by Gasteiger charge is 2.26. The maximum atomic E-state index is 9.12. The van der Waals surface area contributed by atoms with Gasteiger partial charge >= 0.3 is 0 Å². The molecule has 0 bridgehead atoms. The van der Waals surface area contributed by atoms with Gasteiger partial charge in [-0.1, -0.05) is 13.8 Å². The van der Waals surface area contributed by atoms with Crippen LogP contribution < -0.4 is 5.32 Å². The van der Waals surface area contributed by atoms with Gasteiger partial charge in [-0.15, -0.1) is 0 Å². The second-order valence-corrected chi connectivity index (χ2v) is 5.53. The van der Waals surface area contributed by atoms with Crippen molar-refractivity contribution in [1.82, 2.24) is 5.32 Å². The summed E-state index contributed by atoms with van der Waals surface area (Å²) in [5, 5.41) is 12.7. The van der Waals surface area contributed by atoms with Crippen LogP contribution in [0, 0.1) is 5.41 Å². The number of aliphatic hydroxyl groups is 1. The molecule has 1 saturated carbocycles. The van der Waals surface area contributed by atoms with Crippen LogP contribution in [0.1, 0.15) is 52.9 Å². The predicted octanol–water partition coefficient (Wildman–Crippen LogP) is 2.32. The molecule has 14 heavy (non-hydrogen) atoms. The minimum Gasteiger partial charge on any atom is -0.393 e. The molecule has 0 radical (unpaired) electrons. The standard InChI is InChI=1S/C12H25NO/c1-10(14)6-9-13-11-4-7-12(2,3)8-5-11/h10-11,13-14H,4-9H2,1-3H3/t10-/m1/s1. The molecule has 0 saturated heterocycles. The molecule has 0 aliphatic heterocycles. The number of nitrogens with one attached hydrogen (secondary N) is 1. The lowest BCUT2D eigenvalue weighted by Gasteiger charge is -2.34. The largest absolute Gasteiger partial charge is 0.393 e. The van der Waals surface area contributed by atoms with Crippen molar-refractivity contribution in [2.45, 2.75) is 65.0 Å². The molecule has 2 nitrogen and oxygen atoms in total. The molecule has 0 amide bonds. The van der Waals surface area contributed by atoms with Crippen molar-refractivity contribution in [2.24, 2.45) is 5.41 Å². The molecule has 0 aromatic heterocycles. The fraction of sp³-hybridized carbons (Fsp3) is 1.00. The van der Waals surface area contributed by atoms with E-state index >= 15 is 0 Å². The third kappa shape index (κ3) is 4.43. The first-order chi connectivity index (χ1) is 6.49. The zero-order valence-electron chi connectivity index (χ0n) is 9.84. The Morgan fingerprint density at radius 2 is 1.93 bits per heavy atom. The van der Waals surface area contributed by atoms with E-state index < -0.39 is 0 Å². The Morgan fingerprint density at radius 3 is 2.43 bits per heavy atom. The summed E-state index contributed by atoms with van der Waals surface area (Å²) in [5.74, 6) is 0. The van der Waals surface area contributed by atoms with E-state index in [9.17, 15) is 0 Å². The molecule has 0 aromatic carbocycles. The third-order valence-corrected chi connectivity index (χ3v) is 3.33. The highest BCUT2D eigenvalue weighted by atomic mass is 16.3. The van der Waals surface area contributed by atoms with E-state index in [2.05, 4.69) is 19.2 Å². The molecule has 1 aliphatic carbocycles. The fourth-order valence-electron chi connectivity index (χ4n) is 2.10. The van der Waals surface area contributed by atoms with Gasteiger partial charge in [-0.3, -0.25) is 0 Å². The van der Waals surface area contributed by atoms with Crippen LogP contribution in [0.15, 0.2) is 0 Å². The Bertz CT molecular complexity index is 156. The van der Waals surface area contributed by atoms with Gasteiger partial charge in [0.2, 0.25) is 0 Å². The first-order valence-corrected chi connectivity index (χ1v) is 5.91. The summed E-state index contributed by atoms with van der Waals surface area (Å²) in [6.45, 7) is 7.53. The molecule has 1 rings (SSSR count). The van der Waals surface area contributed by atoms with Crippen molar-refractivity contribution in [3.63, 3.8) is 0 Å². The summed E-state index contributed by atoms with van der Waals surface area (Å²) >= 11 is 0. The molecule has 0 unspecified atom stereocenters. The minimum absolute atomic E-state index is 0.164. The first kappa shape index (κ1) is 12.0. The normalized spacial score (nSPS) is 24.9. The second-order valence-electron chi connectivity index (χ2n) is 5.53. The summed E-state index contributed by atoms with van der Waals surface area (Å²) in [6.07, 6.45) is 5.97. The highest BCUT2D eigenvalue weighted by molar-refractivity contribution is 4.81. The lowest BCUT2D eigenvalue weighted by molar-refractivity contribution is 0.172. The maximum absolute atomic E-state index is 9.12. The molecular formula is C12H25NO. The van der Waals surface area contributed by atoms with Crippen molar-refractivity contribution < 1.29 is 5.11 Å². The van der Waals surface area contributed by atoms with Gasteiger partial charge < -0.3 is 10.4 Å². The Hall–Kier alpha value is -0.0800. The van der Waals surface area contributed by atoms with E-state index in [-0.39, 0.29) is 6.10 Å². The molecule has 0 aromatic rings. The number of aliphatic hydroxyl groups excluding tert-OH is 1. The number of hydrogen-bond acceptors (Lipinski definition) is 2. The lowest BCUT2D eigenvalue weighted by Crippen LogP contribution is -2.36. The molecule has 1 atom stereocenters. The van der Waals surface area contributed by atoms with Crippen LogP contribution in [0.5, 0.6) is 0 Å².